The molecule has 0 unspecified atom stereocenters. The van der Waals surface area contributed by atoms with E-state index in [0.29, 0.717) is 0 Å². The summed E-state index contributed by atoms with van der Waals surface area (Å²) in [6, 6.07) is 14.3. The number of H-pyrrole nitrogens is 2. The van der Waals surface area contributed by atoms with Gasteiger partial charge < -0.3 is 9.97 Å². The fourth-order valence-electron chi connectivity index (χ4n) is 2.61. The number of rotatable bonds is 4. The van der Waals surface area contributed by atoms with Crippen molar-refractivity contribution in [2.24, 2.45) is 0 Å². The zero-order valence-electron chi connectivity index (χ0n) is 12.3. The molecule has 2 aromatic heterocycles. The van der Waals surface area contributed by atoms with Crippen molar-refractivity contribution in [2.75, 3.05) is 0 Å². The van der Waals surface area contributed by atoms with Gasteiger partial charge in [0.15, 0.2) is 0 Å². The Kier molecular flexibility index (Phi) is 3.35. The largest absolute Gasteiger partial charge is 0.341 e. The van der Waals surface area contributed by atoms with Crippen molar-refractivity contribution in [3.63, 3.8) is 0 Å². The predicted molar refractivity (Wildman–Crippen MR) is 91.9 cm³/mol. The Hall–Kier alpha value is -2.27. The van der Waals surface area contributed by atoms with Crippen LogP contribution in [0.4, 0.5) is 0 Å². The van der Waals surface area contributed by atoms with Gasteiger partial charge in [-0.15, -0.1) is 11.8 Å². The lowest BCUT2D eigenvalue weighted by molar-refractivity contribution is 1.11. The van der Waals surface area contributed by atoms with Crippen molar-refractivity contribution in [3.05, 3.63) is 59.7 Å². The van der Waals surface area contributed by atoms with E-state index in [4.69, 9.17) is 0 Å². The van der Waals surface area contributed by atoms with Crippen LogP contribution in [0.1, 0.15) is 17.2 Å². The summed E-state index contributed by atoms with van der Waals surface area (Å²) in [5.74, 6) is 3.74. The highest BCUT2D eigenvalue weighted by Crippen LogP contribution is 2.21. The van der Waals surface area contributed by atoms with Crippen molar-refractivity contribution in [1.29, 1.82) is 0 Å². The first-order chi connectivity index (χ1) is 10.8. The molecule has 0 aliphatic carbocycles. The van der Waals surface area contributed by atoms with Gasteiger partial charge in [0.1, 0.15) is 11.6 Å². The summed E-state index contributed by atoms with van der Waals surface area (Å²) in [6.45, 7) is 2.09. The third kappa shape index (κ3) is 2.48. The number of hydrogen-bond donors (Lipinski definition) is 2. The summed E-state index contributed by atoms with van der Waals surface area (Å²) in [7, 11) is 0. The van der Waals surface area contributed by atoms with Gasteiger partial charge in [-0.25, -0.2) is 9.97 Å². The van der Waals surface area contributed by atoms with Gasteiger partial charge in [0.2, 0.25) is 0 Å². The number of thioether (sulfide) groups is 1. The predicted octanol–water partition coefficient (Wildman–Crippen LogP) is 4.18. The van der Waals surface area contributed by atoms with Crippen LogP contribution in [0.3, 0.4) is 0 Å². The second-order valence-electron chi connectivity index (χ2n) is 5.35. The van der Waals surface area contributed by atoms with Crippen molar-refractivity contribution >= 4 is 33.8 Å². The van der Waals surface area contributed by atoms with Crippen molar-refractivity contribution in [3.8, 4) is 0 Å². The lowest BCUT2D eigenvalue weighted by Gasteiger charge is -1.95. The Morgan fingerprint density at radius 2 is 1.59 bits per heavy atom. The fourth-order valence-corrected chi connectivity index (χ4v) is 3.38. The Bertz CT molecular complexity index is 905. The molecule has 0 aliphatic rings. The number of imidazole rings is 2. The molecule has 0 atom stereocenters. The number of para-hydroxylation sites is 3. The summed E-state index contributed by atoms with van der Waals surface area (Å²) >= 11 is 1.81. The molecule has 4 aromatic rings. The molecule has 2 N–H and O–H groups in total. The molecule has 110 valence electrons. The van der Waals surface area contributed by atoms with Gasteiger partial charge in [-0.05, 0) is 30.7 Å². The summed E-state index contributed by atoms with van der Waals surface area (Å²) in [4.78, 5) is 16.0. The summed E-state index contributed by atoms with van der Waals surface area (Å²) < 4.78 is 0. The Labute approximate surface area is 132 Å². The molecule has 2 aromatic carbocycles. The standard InChI is InChI=1S/C17H16N4S/c1-11-5-4-8-14-17(11)21-16(20-14)10-22-9-15-18-12-6-2-3-7-13(12)19-15/h2-8H,9-10H2,1H3,(H,18,19)(H,20,21). The highest BCUT2D eigenvalue weighted by atomic mass is 32.2. The first-order valence-electron chi connectivity index (χ1n) is 7.25. The van der Waals surface area contributed by atoms with Crippen LogP contribution in [-0.2, 0) is 11.5 Å². The number of aromatic nitrogens is 4. The molecule has 0 amide bonds. The van der Waals surface area contributed by atoms with Crippen molar-refractivity contribution in [1.82, 2.24) is 19.9 Å². The van der Waals surface area contributed by atoms with Gasteiger partial charge in [0, 0.05) is 0 Å². The molecule has 0 saturated heterocycles. The van der Waals surface area contributed by atoms with Crippen LogP contribution in [-0.4, -0.2) is 19.9 Å². The molecular weight excluding hydrogens is 292 g/mol. The number of benzene rings is 2. The first kappa shape index (κ1) is 13.4. The van der Waals surface area contributed by atoms with Crippen LogP contribution in [0, 0.1) is 6.92 Å². The number of fused-ring (bicyclic) bond motifs is 2. The molecule has 0 saturated carbocycles. The molecule has 0 aliphatic heterocycles. The van der Waals surface area contributed by atoms with Gasteiger partial charge in [-0.1, -0.05) is 24.3 Å². The topological polar surface area (TPSA) is 57.4 Å². The zero-order chi connectivity index (χ0) is 14.9. The normalized spacial score (nSPS) is 11.5. The molecular formula is C17H16N4S. The average molecular weight is 308 g/mol. The molecule has 5 heteroatoms. The zero-order valence-corrected chi connectivity index (χ0v) is 13.1. The molecule has 2 heterocycles. The van der Waals surface area contributed by atoms with Gasteiger partial charge >= 0.3 is 0 Å². The third-order valence-electron chi connectivity index (χ3n) is 3.68. The third-order valence-corrected chi connectivity index (χ3v) is 4.63. The van der Waals surface area contributed by atoms with E-state index in [1.165, 1.54) is 5.56 Å². The second kappa shape index (κ2) is 5.50. The number of nitrogens with one attached hydrogen (secondary N) is 2. The summed E-state index contributed by atoms with van der Waals surface area (Å²) in [6.07, 6.45) is 0. The quantitative estimate of drug-likeness (QED) is 0.594. The van der Waals surface area contributed by atoms with E-state index in [1.54, 1.807) is 0 Å². The number of aryl methyl sites for hydroxylation is 1. The van der Waals surface area contributed by atoms with E-state index < -0.39 is 0 Å². The fraction of sp³-hybridized carbons (Fsp3) is 0.176. The molecule has 0 bridgehead atoms. The van der Waals surface area contributed by atoms with Crippen molar-refractivity contribution in [2.45, 2.75) is 18.4 Å². The minimum Gasteiger partial charge on any atom is -0.341 e. The van der Waals surface area contributed by atoms with Gasteiger partial charge in [0.05, 0.1) is 33.6 Å². The van der Waals surface area contributed by atoms with Gasteiger partial charge in [-0.3, -0.25) is 0 Å². The Balaban J connectivity index is 1.46. The molecule has 22 heavy (non-hydrogen) atoms. The maximum Gasteiger partial charge on any atom is 0.117 e. The van der Waals surface area contributed by atoms with Crippen LogP contribution < -0.4 is 0 Å². The minimum atomic E-state index is 0.852. The summed E-state index contributed by atoms with van der Waals surface area (Å²) in [5, 5.41) is 0. The van der Waals surface area contributed by atoms with E-state index in [9.17, 15) is 0 Å². The van der Waals surface area contributed by atoms with Crippen LogP contribution in [0.5, 0.6) is 0 Å². The molecule has 0 fully saturated rings. The lowest BCUT2D eigenvalue weighted by atomic mass is 10.2. The van der Waals surface area contributed by atoms with Gasteiger partial charge in [0.25, 0.3) is 0 Å². The van der Waals surface area contributed by atoms with E-state index >= 15 is 0 Å². The highest BCUT2D eigenvalue weighted by molar-refractivity contribution is 7.97. The van der Waals surface area contributed by atoms with Crippen LogP contribution in [0.25, 0.3) is 22.1 Å². The van der Waals surface area contributed by atoms with E-state index in [1.807, 2.05) is 30.0 Å². The molecule has 0 radical (unpaired) electrons. The monoisotopic (exact) mass is 308 g/mol. The smallest absolute Gasteiger partial charge is 0.117 e. The number of hydrogen-bond acceptors (Lipinski definition) is 3. The molecule has 0 spiro atoms. The van der Waals surface area contributed by atoms with E-state index in [-0.39, 0.29) is 0 Å². The van der Waals surface area contributed by atoms with E-state index in [0.717, 1.165) is 45.2 Å². The van der Waals surface area contributed by atoms with E-state index in [2.05, 4.69) is 51.1 Å². The van der Waals surface area contributed by atoms with Crippen LogP contribution in [0.2, 0.25) is 0 Å². The average Bonchev–Trinajstić information content (AvgIpc) is 3.11. The Morgan fingerprint density at radius 3 is 2.41 bits per heavy atom. The first-order valence-corrected chi connectivity index (χ1v) is 8.40. The van der Waals surface area contributed by atoms with Crippen LogP contribution in [0.15, 0.2) is 42.5 Å². The number of aromatic amines is 2. The Morgan fingerprint density at radius 1 is 0.864 bits per heavy atom. The molecule has 4 nitrogen and oxygen atoms in total. The maximum atomic E-state index is 4.68. The highest BCUT2D eigenvalue weighted by Gasteiger charge is 2.06. The minimum absolute atomic E-state index is 0.852. The SMILES string of the molecule is Cc1cccc2[nH]c(CSCc3nc4ccccc4[nH]3)nc12. The van der Waals surface area contributed by atoms with Crippen molar-refractivity contribution < 1.29 is 0 Å². The van der Waals surface area contributed by atoms with Gasteiger partial charge in [-0.2, -0.15) is 0 Å². The van der Waals surface area contributed by atoms with Crippen LogP contribution >= 0.6 is 11.8 Å². The summed E-state index contributed by atoms with van der Waals surface area (Å²) in [5.41, 5.74) is 5.51. The number of nitrogens with zero attached hydrogens (tertiary/aromatic N) is 2. The maximum absolute atomic E-state index is 4.68. The lowest BCUT2D eigenvalue weighted by Crippen LogP contribution is -1.87. The molecule has 4 rings (SSSR count). The second-order valence-corrected chi connectivity index (χ2v) is 6.33.